The average Bonchev–Trinajstić information content (AvgIpc) is 2.40. The molecule has 20 heavy (non-hydrogen) atoms. The summed E-state index contributed by atoms with van der Waals surface area (Å²) in [5, 5.41) is 0. The number of hydrogen-bond acceptors (Lipinski definition) is 1. The first kappa shape index (κ1) is 16.0. The maximum atomic E-state index is 6.48. The highest BCUT2D eigenvalue weighted by molar-refractivity contribution is 9.10. The van der Waals surface area contributed by atoms with Crippen LogP contribution in [0.5, 0.6) is 0 Å². The predicted molar refractivity (Wildman–Crippen MR) is 90.7 cm³/mol. The molecule has 2 heteroatoms. The summed E-state index contributed by atoms with van der Waals surface area (Å²) in [5.41, 5.74) is 8.28. The molecule has 0 bridgehead atoms. The molecule has 0 saturated heterocycles. The largest absolute Gasteiger partial charge is 0.327 e. The van der Waals surface area contributed by atoms with Crippen LogP contribution in [0.15, 0.2) is 28.7 Å². The first-order chi connectivity index (χ1) is 9.38. The monoisotopic (exact) mass is 337 g/mol. The van der Waals surface area contributed by atoms with Gasteiger partial charge in [0.2, 0.25) is 0 Å². The maximum absolute atomic E-state index is 6.48. The first-order valence-electron chi connectivity index (χ1n) is 7.87. The van der Waals surface area contributed by atoms with Gasteiger partial charge in [-0.15, -0.1) is 0 Å². The van der Waals surface area contributed by atoms with E-state index in [-0.39, 0.29) is 0 Å². The van der Waals surface area contributed by atoms with Crippen molar-refractivity contribution in [2.24, 2.45) is 23.0 Å². The van der Waals surface area contributed by atoms with Crippen LogP contribution in [0.1, 0.15) is 52.0 Å². The lowest BCUT2D eigenvalue weighted by Crippen LogP contribution is -2.37. The molecular formula is C18H28BrN. The van der Waals surface area contributed by atoms with Crippen LogP contribution in [0.3, 0.4) is 0 Å². The highest BCUT2D eigenvalue weighted by Crippen LogP contribution is 2.40. The third-order valence-electron chi connectivity index (χ3n) is 5.02. The number of rotatable bonds is 3. The van der Waals surface area contributed by atoms with Crippen LogP contribution in [0.25, 0.3) is 0 Å². The van der Waals surface area contributed by atoms with Gasteiger partial charge < -0.3 is 5.73 Å². The quantitative estimate of drug-likeness (QED) is 0.808. The summed E-state index contributed by atoms with van der Waals surface area (Å²) in [6, 6.07) is 8.76. The Hall–Kier alpha value is -0.340. The van der Waals surface area contributed by atoms with Gasteiger partial charge in [-0.25, -0.2) is 0 Å². The third kappa shape index (κ3) is 4.08. The van der Waals surface area contributed by atoms with E-state index in [0.717, 1.165) is 12.3 Å². The van der Waals surface area contributed by atoms with Gasteiger partial charge in [-0.2, -0.15) is 0 Å². The molecule has 112 valence electrons. The van der Waals surface area contributed by atoms with Crippen molar-refractivity contribution < 1.29 is 0 Å². The standard InChI is InChI=1S/C18H28BrN/c1-18(2,3)15-10-8-13(9-11-15)17(20)12-14-6-4-5-7-16(14)19/h4-7,13,15,17H,8-12,20H2,1-3H3. The van der Waals surface area contributed by atoms with Gasteiger partial charge in [0.25, 0.3) is 0 Å². The Kier molecular flexibility index (Phi) is 5.30. The highest BCUT2D eigenvalue weighted by atomic mass is 79.9. The smallest absolute Gasteiger partial charge is 0.0207 e. The molecule has 1 fully saturated rings. The molecule has 0 aromatic heterocycles. The maximum Gasteiger partial charge on any atom is 0.0207 e. The molecule has 1 unspecified atom stereocenters. The molecule has 0 heterocycles. The van der Waals surface area contributed by atoms with Crippen molar-refractivity contribution in [3.8, 4) is 0 Å². The molecule has 1 aromatic rings. The lowest BCUT2D eigenvalue weighted by molar-refractivity contribution is 0.139. The molecule has 1 saturated carbocycles. The van der Waals surface area contributed by atoms with Crippen molar-refractivity contribution in [3.63, 3.8) is 0 Å². The molecule has 0 aliphatic heterocycles. The zero-order valence-electron chi connectivity index (χ0n) is 13.0. The number of halogens is 1. The van der Waals surface area contributed by atoms with E-state index in [1.54, 1.807) is 0 Å². The van der Waals surface area contributed by atoms with Crippen LogP contribution in [-0.4, -0.2) is 6.04 Å². The summed E-state index contributed by atoms with van der Waals surface area (Å²) in [6.45, 7) is 7.12. The van der Waals surface area contributed by atoms with Gasteiger partial charge in [-0.1, -0.05) is 54.9 Å². The fourth-order valence-corrected chi connectivity index (χ4v) is 3.94. The van der Waals surface area contributed by atoms with Crippen LogP contribution in [0, 0.1) is 17.3 Å². The molecule has 0 radical (unpaired) electrons. The van der Waals surface area contributed by atoms with E-state index in [1.807, 2.05) is 0 Å². The topological polar surface area (TPSA) is 26.0 Å². The Labute approximate surface area is 132 Å². The Morgan fingerprint density at radius 1 is 1.15 bits per heavy atom. The fraction of sp³-hybridized carbons (Fsp3) is 0.667. The van der Waals surface area contributed by atoms with Crippen molar-refractivity contribution in [2.45, 2.75) is 58.9 Å². The molecule has 1 aromatic carbocycles. The zero-order chi connectivity index (χ0) is 14.8. The van der Waals surface area contributed by atoms with Crippen molar-refractivity contribution >= 4 is 15.9 Å². The minimum absolute atomic E-state index is 0.301. The van der Waals surface area contributed by atoms with Crippen LogP contribution in [0.2, 0.25) is 0 Å². The van der Waals surface area contributed by atoms with Gasteiger partial charge in [0.15, 0.2) is 0 Å². The highest BCUT2D eigenvalue weighted by Gasteiger charge is 2.31. The van der Waals surface area contributed by atoms with E-state index in [1.165, 1.54) is 35.7 Å². The molecule has 0 amide bonds. The van der Waals surface area contributed by atoms with Gasteiger partial charge in [0.05, 0.1) is 0 Å². The minimum Gasteiger partial charge on any atom is -0.327 e. The normalized spacial score (nSPS) is 25.4. The molecule has 1 aliphatic rings. The first-order valence-corrected chi connectivity index (χ1v) is 8.66. The number of benzene rings is 1. The van der Waals surface area contributed by atoms with E-state index in [2.05, 4.69) is 61.0 Å². The summed E-state index contributed by atoms with van der Waals surface area (Å²) in [4.78, 5) is 0. The zero-order valence-corrected chi connectivity index (χ0v) is 14.6. The molecule has 1 nitrogen and oxygen atoms in total. The van der Waals surface area contributed by atoms with E-state index in [4.69, 9.17) is 5.73 Å². The Balaban J connectivity index is 1.89. The lowest BCUT2D eigenvalue weighted by Gasteiger charge is -2.38. The van der Waals surface area contributed by atoms with E-state index in [0.29, 0.717) is 17.4 Å². The SMILES string of the molecule is CC(C)(C)C1CCC(C(N)Cc2ccccc2Br)CC1. The second kappa shape index (κ2) is 6.62. The van der Waals surface area contributed by atoms with E-state index < -0.39 is 0 Å². The van der Waals surface area contributed by atoms with Crippen molar-refractivity contribution in [2.75, 3.05) is 0 Å². The van der Waals surface area contributed by atoms with Gasteiger partial charge in [-0.05, 0) is 61.0 Å². The summed E-state index contributed by atoms with van der Waals surface area (Å²) < 4.78 is 1.19. The summed E-state index contributed by atoms with van der Waals surface area (Å²) >= 11 is 3.63. The van der Waals surface area contributed by atoms with E-state index >= 15 is 0 Å². The molecule has 0 spiro atoms. The Bertz CT molecular complexity index is 427. The second-order valence-electron chi connectivity index (χ2n) is 7.44. The second-order valence-corrected chi connectivity index (χ2v) is 8.29. The van der Waals surface area contributed by atoms with Crippen molar-refractivity contribution in [3.05, 3.63) is 34.3 Å². The lowest BCUT2D eigenvalue weighted by atomic mass is 9.68. The molecule has 2 N–H and O–H groups in total. The van der Waals surface area contributed by atoms with Crippen molar-refractivity contribution in [1.29, 1.82) is 0 Å². The summed E-state index contributed by atoms with van der Waals surface area (Å²) in [7, 11) is 0. The van der Waals surface area contributed by atoms with Gasteiger partial charge >= 0.3 is 0 Å². The fourth-order valence-electron chi connectivity index (χ4n) is 3.50. The predicted octanol–water partition coefficient (Wildman–Crippen LogP) is 5.17. The molecule has 1 aliphatic carbocycles. The summed E-state index contributed by atoms with van der Waals surface area (Å²) in [6.07, 6.45) is 6.28. The minimum atomic E-state index is 0.301. The molecular weight excluding hydrogens is 310 g/mol. The summed E-state index contributed by atoms with van der Waals surface area (Å²) in [5.74, 6) is 1.56. The Morgan fingerprint density at radius 3 is 2.30 bits per heavy atom. The number of hydrogen-bond donors (Lipinski definition) is 1. The van der Waals surface area contributed by atoms with Crippen molar-refractivity contribution in [1.82, 2.24) is 0 Å². The van der Waals surface area contributed by atoms with Crippen LogP contribution in [-0.2, 0) is 6.42 Å². The molecule has 2 rings (SSSR count). The Morgan fingerprint density at radius 2 is 1.75 bits per heavy atom. The van der Waals surface area contributed by atoms with Crippen LogP contribution in [0.4, 0.5) is 0 Å². The third-order valence-corrected chi connectivity index (χ3v) is 5.79. The number of nitrogens with two attached hydrogens (primary N) is 1. The van der Waals surface area contributed by atoms with Gasteiger partial charge in [-0.3, -0.25) is 0 Å². The average molecular weight is 338 g/mol. The van der Waals surface area contributed by atoms with Crippen LogP contribution >= 0.6 is 15.9 Å². The van der Waals surface area contributed by atoms with Crippen LogP contribution < -0.4 is 5.73 Å². The molecule has 1 atom stereocenters. The van der Waals surface area contributed by atoms with Gasteiger partial charge in [0.1, 0.15) is 0 Å². The van der Waals surface area contributed by atoms with E-state index in [9.17, 15) is 0 Å². The van der Waals surface area contributed by atoms with Gasteiger partial charge in [0, 0.05) is 10.5 Å².